The van der Waals surface area contributed by atoms with Crippen LogP contribution in [-0.4, -0.2) is 20.2 Å². The van der Waals surface area contributed by atoms with Crippen LogP contribution in [0, 0.1) is 11.6 Å². The second-order valence-corrected chi connectivity index (χ2v) is 4.39. The van der Waals surface area contributed by atoms with Crippen LogP contribution in [0.5, 0.6) is 0 Å². The molecule has 0 aliphatic rings. The summed E-state index contributed by atoms with van der Waals surface area (Å²) in [5.74, 6) is -1.55. The first-order valence-electron chi connectivity index (χ1n) is 6.20. The molecule has 0 unspecified atom stereocenters. The molecule has 0 atom stereocenters. The SMILES string of the molecule is COC(=O)C(OC)(c1ccc(F)cc1)c1ccc(F)cc1. The molecule has 0 N–H and O–H groups in total. The number of ether oxygens (including phenoxy) is 2. The van der Waals surface area contributed by atoms with Gasteiger partial charge in [-0.3, -0.25) is 0 Å². The Kier molecular flexibility index (Phi) is 4.33. The summed E-state index contributed by atoms with van der Waals surface area (Å²) in [5, 5.41) is 0. The van der Waals surface area contributed by atoms with Crippen LogP contribution in [0.3, 0.4) is 0 Å². The molecule has 0 fully saturated rings. The van der Waals surface area contributed by atoms with Crippen LogP contribution in [-0.2, 0) is 19.9 Å². The third-order valence-electron chi connectivity index (χ3n) is 3.28. The minimum absolute atomic E-state index is 0.393. The lowest BCUT2D eigenvalue weighted by Crippen LogP contribution is -2.40. The lowest BCUT2D eigenvalue weighted by atomic mass is 9.86. The molecule has 5 heteroatoms. The first-order chi connectivity index (χ1) is 10.0. The Morgan fingerprint density at radius 3 is 1.52 bits per heavy atom. The summed E-state index contributed by atoms with van der Waals surface area (Å²) in [6, 6.07) is 10.6. The summed E-state index contributed by atoms with van der Waals surface area (Å²) in [4.78, 5) is 12.3. The van der Waals surface area contributed by atoms with Crippen LogP contribution in [0.4, 0.5) is 8.78 Å². The highest BCUT2D eigenvalue weighted by Gasteiger charge is 2.43. The number of hydrogen-bond acceptors (Lipinski definition) is 3. The predicted octanol–water partition coefficient (Wildman–Crippen LogP) is 3.03. The van der Waals surface area contributed by atoms with Gasteiger partial charge < -0.3 is 9.47 Å². The van der Waals surface area contributed by atoms with E-state index in [0.29, 0.717) is 11.1 Å². The fourth-order valence-corrected chi connectivity index (χ4v) is 2.23. The predicted molar refractivity (Wildman–Crippen MR) is 72.6 cm³/mol. The molecule has 0 heterocycles. The maximum absolute atomic E-state index is 13.1. The molecule has 110 valence electrons. The Hall–Kier alpha value is -2.27. The maximum atomic E-state index is 13.1. The van der Waals surface area contributed by atoms with Crippen LogP contribution < -0.4 is 0 Å². The molecule has 0 saturated heterocycles. The third-order valence-corrected chi connectivity index (χ3v) is 3.28. The Balaban J connectivity index is 2.66. The molecule has 0 aliphatic heterocycles. The normalized spacial score (nSPS) is 11.2. The Morgan fingerprint density at radius 2 is 1.24 bits per heavy atom. The molecule has 2 aromatic rings. The molecule has 0 spiro atoms. The number of esters is 1. The molecular weight excluding hydrogens is 278 g/mol. The first-order valence-corrected chi connectivity index (χ1v) is 6.20. The monoisotopic (exact) mass is 292 g/mol. The van der Waals surface area contributed by atoms with E-state index in [1.165, 1.54) is 62.8 Å². The molecule has 0 aliphatic carbocycles. The van der Waals surface area contributed by atoms with E-state index < -0.39 is 23.2 Å². The average Bonchev–Trinajstić information content (AvgIpc) is 2.51. The van der Waals surface area contributed by atoms with Gasteiger partial charge in [0.05, 0.1) is 7.11 Å². The summed E-state index contributed by atoms with van der Waals surface area (Å²) in [6.45, 7) is 0. The van der Waals surface area contributed by atoms with Crippen molar-refractivity contribution in [2.24, 2.45) is 0 Å². The van der Waals surface area contributed by atoms with Gasteiger partial charge in [-0.25, -0.2) is 13.6 Å². The molecule has 3 nitrogen and oxygen atoms in total. The van der Waals surface area contributed by atoms with Crippen LogP contribution in [0.1, 0.15) is 11.1 Å². The van der Waals surface area contributed by atoms with Crippen LogP contribution in [0.25, 0.3) is 0 Å². The summed E-state index contributed by atoms with van der Waals surface area (Å²) in [5.41, 5.74) is -0.786. The third kappa shape index (κ3) is 2.64. The molecular formula is C16H14F2O3. The van der Waals surface area contributed by atoms with E-state index in [0.717, 1.165) is 0 Å². The van der Waals surface area contributed by atoms with E-state index in [-0.39, 0.29) is 0 Å². The lowest BCUT2D eigenvalue weighted by molar-refractivity contribution is -0.162. The van der Waals surface area contributed by atoms with E-state index in [1.807, 2.05) is 0 Å². The number of halogens is 2. The molecule has 0 radical (unpaired) electrons. The van der Waals surface area contributed by atoms with Crippen molar-refractivity contribution in [1.29, 1.82) is 0 Å². The number of benzene rings is 2. The Labute approximate surface area is 121 Å². The maximum Gasteiger partial charge on any atom is 0.347 e. The molecule has 2 aromatic carbocycles. The van der Waals surface area contributed by atoms with Crippen LogP contribution in [0.15, 0.2) is 48.5 Å². The highest BCUT2D eigenvalue weighted by atomic mass is 19.1. The highest BCUT2D eigenvalue weighted by molar-refractivity contribution is 5.85. The quantitative estimate of drug-likeness (QED) is 0.813. The molecule has 0 bridgehead atoms. The number of carbonyl (C=O) groups is 1. The van der Waals surface area contributed by atoms with Crippen LogP contribution >= 0.6 is 0 Å². The zero-order chi connectivity index (χ0) is 15.5. The Bertz CT molecular complexity index is 575. The summed E-state index contributed by atoms with van der Waals surface area (Å²) < 4.78 is 36.5. The molecule has 2 rings (SSSR count). The molecule has 0 aromatic heterocycles. The second kappa shape index (κ2) is 6.01. The van der Waals surface area contributed by atoms with Gasteiger partial charge in [0.2, 0.25) is 5.60 Å². The van der Waals surface area contributed by atoms with E-state index >= 15 is 0 Å². The number of methoxy groups -OCH3 is 2. The van der Waals surface area contributed by atoms with Gasteiger partial charge in [0.15, 0.2) is 0 Å². The van der Waals surface area contributed by atoms with Crippen molar-refractivity contribution in [3.8, 4) is 0 Å². The number of hydrogen-bond donors (Lipinski definition) is 0. The zero-order valence-corrected chi connectivity index (χ0v) is 11.6. The lowest BCUT2D eigenvalue weighted by Gasteiger charge is -2.30. The van der Waals surface area contributed by atoms with Crippen molar-refractivity contribution < 1.29 is 23.0 Å². The molecule has 21 heavy (non-hydrogen) atoms. The van der Waals surface area contributed by atoms with Crippen LogP contribution in [0.2, 0.25) is 0 Å². The summed E-state index contributed by atoms with van der Waals surface area (Å²) in [6.07, 6.45) is 0. The van der Waals surface area contributed by atoms with Gasteiger partial charge in [0.25, 0.3) is 0 Å². The van der Waals surface area contributed by atoms with E-state index in [4.69, 9.17) is 9.47 Å². The smallest absolute Gasteiger partial charge is 0.347 e. The minimum atomic E-state index is -1.57. The molecule has 0 amide bonds. The van der Waals surface area contributed by atoms with Crippen molar-refractivity contribution in [2.45, 2.75) is 5.60 Å². The van der Waals surface area contributed by atoms with Gasteiger partial charge in [-0.2, -0.15) is 0 Å². The average molecular weight is 292 g/mol. The van der Waals surface area contributed by atoms with Gasteiger partial charge in [0, 0.05) is 7.11 Å². The molecule has 0 saturated carbocycles. The van der Waals surface area contributed by atoms with Crippen molar-refractivity contribution in [3.05, 3.63) is 71.3 Å². The van der Waals surface area contributed by atoms with E-state index in [9.17, 15) is 13.6 Å². The van der Waals surface area contributed by atoms with E-state index in [2.05, 4.69) is 0 Å². The first kappa shape index (κ1) is 15.1. The van der Waals surface area contributed by atoms with Gasteiger partial charge in [-0.15, -0.1) is 0 Å². The second-order valence-electron chi connectivity index (χ2n) is 4.39. The van der Waals surface area contributed by atoms with E-state index in [1.54, 1.807) is 0 Å². The number of carbonyl (C=O) groups excluding carboxylic acids is 1. The van der Waals surface area contributed by atoms with Crippen molar-refractivity contribution in [2.75, 3.05) is 14.2 Å². The van der Waals surface area contributed by atoms with Gasteiger partial charge in [0.1, 0.15) is 11.6 Å². The highest BCUT2D eigenvalue weighted by Crippen LogP contribution is 2.34. The summed E-state index contributed by atoms with van der Waals surface area (Å²) in [7, 11) is 2.56. The topological polar surface area (TPSA) is 35.5 Å². The fourth-order valence-electron chi connectivity index (χ4n) is 2.23. The summed E-state index contributed by atoms with van der Waals surface area (Å²) >= 11 is 0. The standard InChI is InChI=1S/C16H14F2O3/c1-20-15(19)16(21-2,11-3-7-13(17)8-4-11)12-5-9-14(18)10-6-12/h3-10H,1-2H3. The minimum Gasteiger partial charge on any atom is -0.466 e. The fraction of sp³-hybridized carbons (Fsp3) is 0.188. The largest absolute Gasteiger partial charge is 0.466 e. The Morgan fingerprint density at radius 1 is 0.857 bits per heavy atom. The zero-order valence-electron chi connectivity index (χ0n) is 11.6. The van der Waals surface area contributed by atoms with Gasteiger partial charge >= 0.3 is 5.97 Å². The number of rotatable bonds is 4. The van der Waals surface area contributed by atoms with Gasteiger partial charge in [-0.05, 0) is 35.4 Å². The van der Waals surface area contributed by atoms with Crippen molar-refractivity contribution in [3.63, 3.8) is 0 Å². The van der Waals surface area contributed by atoms with Crippen molar-refractivity contribution in [1.82, 2.24) is 0 Å². The van der Waals surface area contributed by atoms with Crippen molar-refractivity contribution >= 4 is 5.97 Å². The van der Waals surface area contributed by atoms with Gasteiger partial charge in [-0.1, -0.05) is 24.3 Å².